The summed E-state index contributed by atoms with van der Waals surface area (Å²) in [6.07, 6.45) is -1.31. The highest BCUT2D eigenvalue weighted by Crippen LogP contribution is 2.28. The van der Waals surface area contributed by atoms with Crippen molar-refractivity contribution in [3.63, 3.8) is 0 Å². The highest BCUT2D eigenvalue weighted by Gasteiger charge is 2.48. The van der Waals surface area contributed by atoms with E-state index in [1.54, 1.807) is 0 Å². The lowest BCUT2D eigenvalue weighted by atomic mass is 9.91. The summed E-state index contributed by atoms with van der Waals surface area (Å²) in [6.45, 7) is 14.4. The van der Waals surface area contributed by atoms with Gasteiger partial charge in [0.05, 0.1) is 18.3 Å². The second-order valence-corrected chi connectivity index (χ2v) is 10.6. The lowest BCUT2D eigenvalue weighted by molar-refractivity contribution is -0.133. The summed E-state index contributed by atoms with van der Waals surface area (Å²) in [5.41, 5.74) is 0.164. The summed E-state index contributed by atoms with van der Waals surface area (Å²) in [4.78, 5) is 28.8. The van der Waals surface area contributed by atoms with E-state index in [9.17, 15) is 19.8 Å². The average molecular weight is 448 g/mol. The fourth-order valence-corrected chi connectivity index (χ4v) is 4.47. The van der Waals surface area contributed by atoms with Crippen molar-refractivity contribution in [3.05, 3.63) is 35.9 Å². The molecule has 2 amide bonds. The Hall–Kier alpha value is -2.12. The summed E-state index contributed by atoms with van der Waals surface area (Å²) >= 11 is 0. The third-order valence-electron chi connectivity index (χ3n) is 6.10. The number of benzene rings is 1. The number of aliphatic hydroxyl groups excluding tert-OH is 1. The minimum absolute atomic E-state index is 0.158. The van der Waals surface area contributed by atoms with Crippen molar-refractivity contribution in [3.8, 4) is 0 Å². The van der Waals surface area contributed by atoms with E-state index in [4.69, 9.17) is 0 Å². The van der Waals surface area contributed by atoms with Gasteiger partial charge in [0.15, 0.2) is 0 Å². The van der Waals surface area contributed by atoms with E-state index in [1.807, 2.05) is 69.9 Å². The molecule has 0 bridgehead atoms. The molecule has 0 saturated carbocycles. The molecule has 3 N–H and O–H groups in total. The molecule has 7 nitrogen and oxygen atoms in total. The van der Waals surface area contributed by atoms with Gasteiger partial charge in [-0.3, -0.25) is 15.0 Å². The molecule has 1 saturated heterocycles. The molecule has 0 radical (unpaired) electrons. The Kier molecular flexibility index (Phi) is 8.71. The van der Waals surface area contributed by atoms with Gasteiger partial charge in [0.2, 0.25) is 5.91 Å². The first-order valence-electron chi connectivity index (χ1n) is 11.6. The van der Waals surface area contributed by atoms with Crippen LogP contribution >= 0.6 is 0 Å². The van der Waals surface area contributed by atoms with Gasteiger partial charge in [-0.2, -0.15) is 0 Å². The highest BCUT2D eigenvalue weighted by molar-refractivity contribution is 5.85. The number of aliphatic hydroxyl groups is 1. The largest absolute Gasteiger partial charge is 0.465 e. The van der Waals surface area contributed by atoms with Gasteiger partial charge in [0.1, 0.15) is 6.04 Å². The normalized spacial score (nSPS) is 21.3. The van der Waals surface area contributed by atoms with Gasteiger partial charge in [-0.05, 0) is 51.0 Å². The van der Waals surface area contributed by atoms with Crippen molar-refractivity contribution in [2.45, 2.75) is 91.2 Å². The van der Waals surface area contributed by atoms with Crippen LogP contribution in [0.3, 0.4) is 0 Å². The SMILES string of the molecule is CC(C)CCN1C(=O)[C@H]([C@H](O)[C@H](Cc2ccccc2)N(C(=O)O)C(C)(C)C)NC1C(C)C. The minimum Gasteiger partial charge on any atom is -0.465 e. The third kappa shape index (κ3) is 6.23. The molecule has 1 unspecified atom stereocenters. The van der Waals surface area contributed by atoms with Gasteiger partial charge in [-0.15, -0.1) is 0 Å². The van der Waals surface area contributed by atoms with Crippen LogP contribution in [-0.4, -0.2) is 68.5 Å². The van der Waals surface area contributed by atoms with Crippen LogP contribution in [-0.2, 0) is 11.2 Å². The van der Waals surface area contributed by atoms with Gasteiger partial charge in [0.25, 0.3) is 0 Å². The molecule has 180 valence electrons. The smallest absolute Gasteiger partial charge is 0.408 e. The number of rotatable bonds is 9. The third-order valence-corrected chi connectivity index (χ3v) is 6.10. The Morgan fingerprint density at radius 2 is 1.75 bits per heavy atom. The minimum atomic E-state index is -1.19. The van der Waals surface area contributed by atoms with Crippen LogP contribution in [0.1, 0.15) is 60.5 Å². The van der Waals surface area contributed by atoms with E-state index < -0.39 is 29.8 Å². The van der Waals surface area contributed by atoms with E-state index in [0.29, 0.717) is 18.9 Å². The average Bonchev–Trinajstić information content (AvgIpc) is 3.01. The van der Waals surface area contributed by atoms with Gasteiger partial charge >= 0.3 is 6.09 Å². The molecule has 2 rings (SSSR count). The molecule has 32 heavy (non-hydrogen) atoms. The first kappa shape index (κ1) is 26.1. The number of carbonyl (C=O) groups is 2. The fourth-order valence-electron chi connectivity index (χ4n) is 4.47. The first-order valence-corrected chi connectivity index (χ1v) is 11.6. The Morgan fingerprint density at radius 3 is 2.22 bits per heavy atom. The van der Waals surface area contributed by atoms with E-state index in [-0.39, 0.29) is 18.0 Å². The van der Waals surface area contributed by atoms with Crippen LogP contribution in [0.15, 0.2) is 30.3 Å². The van der Waals surface area contributed by atoms with Gasteiger partial charge in [0, 0.05) is 12.1 Å². The number of hydrogen-bond donors (Lipinski definition) is 3. The number of hydrogen-bond acceptors (Lipinski definition) is 4. The zero-order valence-corrected chi connectivity index (χ0v) is 20.6. The Balaban J connectivity index is 2.39. The molecule has 0 spiro atoms. The van der Waals surface area contributed by atoms with Crippen LogP contribution in [0.2, 0.25) is 0 Å². The Bertz CT molecular complexity index is 760. The monoisotopic (exact) mass is 447 g/mol. The maximum absolute atomic E-state index is 13.4. The van der Waals surface area contributed by atoms with E-state index in [0.717, 1.165) is 12.0 Å². The van der Waals surface area contributed by atoms with Gasteiger partial charge in [-0.1, -0.05) is 58.0 Å². The molecule has 1 aromatic carbocycles. The van der Waals surface area contributed by atoms with Crippen LogP contribution < -0.4 is 5.32 Å². The zero-order valence-electron chi connectivity index (χ0n) is 20.6. The highest BCUT2D eigenvalue weighted by atomic mass is 16.4. The molecule has 7 heteroatoms. The van der Waals surface area contributed by atoms with E-state index in [1.165, 1.54) is 4.90 Å². The van der Waals surface area contributed by atoms with Gasteiger partial charge < -0.3 is 15.1 Å². The lowest BCUT2D eigenvalue weighted by Crippen LogP contribution is -2.61. The number of nitrogens with zero attached hydrogens (tertiary/aromatic N) is 2. The summed E-state index contributed by atoms with van der Waals surface area (Å²) in [5.74, 6) is 0.456. The quantitative estimate of drug-likeness (QED) is 0.538. The summed E-state index contributed by atoms with van der Waals surface area (Å²) in [7, 11) is 0. The lowest BCUT2D eigenvalue weighted by Gasteiger charge is -2.42. The second-order valence-electron chi connectivity index (χ2n) is 10.6. The van der Waals surface area contributed by atoms with Crippen LogP contribution in [0.5, 0.6) is 0 Å². The first-order chi connectivity index (χ1) is 14.8. The molecule has 1 aromatic rings. The Labute approximate surface area is 192 Å². The summed E-state index contributed by atoms with van der Waals surface area (Å²) in [5, 5.41) is 24.9. The van der Waals surface area contributed by atoms with Crippen molar-refractivity contribution < 1.29 is 19.8 Å². The number of amides is 2. The molecule has 1 fully saturated rings. The summed E-state index contributed by atoms with van der Waals surface area (Å²) < 4.78 is 0. The van der Waals surface area contributed by atoms with E-state index in [2.05, 4.69) is 19.2 Å². The fraction of sp³-hybridized carbons (Fsp3) is 0.680. The predicted molar refractivity (Wildman–Crippen MR) is 126 cm³/mol. The maximum Gasteiger partial charge on any atom is 0.408 e. The predicted octanol–water partition coefficient (Wildman–Crippen LogP) is 3.57. The van der Waals surface area contributed by atoms with Crippen molar-refractivity contribution in [2.24, 2.45) is 11.8 Å². The number of carboxylic acid groups (broad SMARTS) is 1. The molecule has 0 aliphatic carbocycles. The van der Waals surface area contributed by atoms with Crippen LogP contribution in [0.4, 0.5) is 4.79 Å². The second kappa shape index (κ2) is 10.7. The van der Waals surface area contributed by atoms with Crippen LogP contribution in [0.25, 0.3) is 0 Å². The molecular weight excluding hydrogens is 406 g/mol. The number of carbonyl (C=O) groups excluding carboxylic acids is 1. The van der Waals surface area contributed by atoms with Crippen molar-refractivity contribution >= 4 is 12.0 Å². The van der Waals surface area contributed by atoms with Crippen molar-refractivity contribution in [2.75, 3.05) is 6.54 Å². The molecule has 4 atom stereocenters. The van der Waals surface area contributed by atoms with Gasteiger partial charge in [-0.25, -0.2) is 4.79 Å². The van der Waals surface area contributed by atoms with Crippen molar-refractivity contribution in [1.29, 1.82) is 0 Å². The molecule has 1 heterocycles. The number of nitrogens with one attached hydrogen (secondary N) is 1. The Morgan fingerprint density at radius 1 is 1.16 bits per heavy atom. The molecule has 1 aliphatic heterocycles. The van der Waals surface area contributed by atoms with Crippen LogP contribution in [0, 0.1) is 11.8 Å². The maximum atomic E-state index is 13.4. The molecule has 1 aliphatic rings. The molecular formula is C25H41N3O4. The summed E-state index contributed by atoms with van der Waals surface area (Å²) in [6, 6.07) is 7.87. The topological polar surface area (TPSA) is 93.1 Å². The molecule has 0 aromatic heterocycles. The van der Waals surface area contributed by atoms with E-state index >= 15 is 0 Å². The van der Waals surface area contributed by atoms with Crippen molar-refractivity contribution in [1.82, 2.24) is 15.1 Å². The standard InChI is InChI=1S/C25H41N3O4/c1-16(2)13-14-27-22(17(3)4)26-20(23(27)30)21(29)19(15-18-11-9-8-10-12-18)28(24(31)32)25(5,6)7/h8-12,16-17,19-22,26,29H,13-15H2,1-7H3,(H,31,32)/t19-,20-,21+,22?/m0/s1. The zero-order chi connectivity index (χ0) is 24.2.